The Morgan fingerprint density at radius 1 is 1.26 bits per heavy atom. The summed E-state index contributed by atoms with van der Waals surface area (Å²) >= 11 is 0. The number of fused-ring (bicyclic) bond motifs is 2. The number of ether oxygens (including phenoxy) is 1. The van der Waals surface area contributed by atoms with Crippen molar-refractivity contribution in [3.05, 3.63) is 81.7 Å². The Kier molecular flexibility index (Phi) is 4.14. The Hall–Kier alpha value is -3.29. The third-order valence-corrected chi connectivity index (χ3v) is 9.12. The summed E-state index contributed by atoms with van der Waals surface area (Å²) in [6.07, 6.45) is 1.39. The van der Waals surface area contributed by atoms with E-state index in [1.54, 1.807) is 6.07 Å². The molecule has 2 aliphatic carbocycles. The third kappa shape index (κ3) is 2.50. The minimum Gasteiger partial charge on any atom is -0.504 e. The number of phenolic OH excluding ortho intramolecular Hbond substituents is 1. The lowest BCUT2D eigenvalue weighted by Gasteiger charge is -2.62. The number of piperidine rings is 1. The molecule has 7 heteroatoms. The lowest BCUT2D eigenvalue weighted by Crippen LogP contribution is -2.73. The number of aliphatic hydroxyl groups is 1. The fourth-order valence-corrected chi connectivity index (χ4v) is 7.41. The second-order valence-electron chi connectivity index (χ2n) is 10.7. The SMILES string of the molecule is Cc1c(C(=O)NCc2ccccc2)[nH]c2c1C[C@@]1(O)[C@@H]3Cc4ccc(O)c5c4[C@@]1(CCN3C)[C@H]2O5. The molecule has 2 aliphatic heterocycles. The van der Waals surface area contributed by atoms with Crippen molar-refractivity contribution < 1.29 is 19.7 Å². The molecule has 2 bridgehead atoms. The van der Waals surface area contributed by atoms with Crippen LogP contribution in [0.15, 0.2) is 42.5 Å². The Labute approximate surface area is 203 Å². The first-order chi connectivity index (χ1) is 16.8. The summed E-state index contributed by atoms with van der Waals surface area (Å²) in [4.78, 5) is 18.9. The highest BCUT2D eigenvalue weighted by Gasteiger charge is 2.72. The van der Waals surface area contributed by atoms with Crippen molar-refractivity contribution in [3.8, 4) is 11.5 Å². The van der Waals surface area contributed by atoms with E-state index in [9.17, 15) is 15.0 Å². The number of aromatic hydroxyl groups is 1. The van der Waals surface area contributed by atoms with Gasteiger partial charge in [0.15, 0.2) is 17.6 Å². The highest BCUT2D eigenvalue weighted by Crippen LogP contribution is 2.68. The van der Waals surface area contributed by atoms with Gasteiger partial charge in [-0.25, -0.2) is 0 Å². The number of phenols is 1. The van der Waals surface area contributed by atoms with Gasteiger partial charge < -0.3 is 30.2 Å². The van der Waals surface area contributed by atoms with Crippen LogP contribution in [0.3, 0.4) is 0 Å². The number of likely N-dealkylation sites (tertiary alicyclic amines) is 1. The lowest BCUT2D eigenvalue weighted by molar-refractivity contribution is -0.167. The molecule has 1 spiro atoms. The van der Waals surface area contributed by atoms with Crippen LogP contribution in [0.5, 0.6) is 11.5 Å². The summed E-state index contributed by atoms with van der Waals surface area (Å²) in [6.45, 7) is 3.22. The van der Waals surface area contributed by atoms with Crippen molar-refractivity contribution in [1.29, 1.82) is 0 Å². The van der Waals surface area contributed by atoms with Crippen LogP contribution in [0.4, 0.5) is 0 Å². The maximum atomic E-state index is 13.2. The monoisotopic (exact) mass is 471 g/mol. The fourth-order valence-electron chi connectivity index (χ4n) is 7.41. The van der Waals surface area contributed by atoms with E-state index in [1.165, 1.54) is 0 Å². The summed E-state index contributed by atoms with van der Waals surface area (Å²) in [7, 11) is 2.08. The predicted octanol–water partition coefficient (Wildman–Crippen LogP) is 2.88. The van der Waals surface area contributed by atoms with Gasteiger partial charge in [-0.3, -0.25) is 4.79 Å². The molecule has 4 atom stereocenters. The van der Waals surface area contributed by atoms with Crippen molar-refractivity contribution in [3.63, 3.8) is 0 Å². The van der Waals surface area contributed by atoms with E-state index in [0.29, 0.717) is 30.8 Å². The molecule has 7 nitrogen and oxygen atoms in total. The zero-order chi connectivity index (χ0) is 24.1. The highest BCUT2D eigenvalue weighted by molar-refractivity contribution is 5.94. The van der Waals surface area contributed by atoms with Gasteiger partial charge in [0, 0.05) is 24.6 Å². The number of aromatic nitrogens is 1. The highest BCUT2D eigenvalue weighted by atomic mass is 16.5. The number of H-pyrrole nitrogens is 1. The Morgan fingerprint density at radius 2 is 2.06 bits per heavy atom. The second kappa shape index (κ2) is 6.89. The van der Waals surface area contributed by atoms with Gasteiger partial charge in [-0.05, 0) is 61.7 Å². The van der Waals surface area contributed by atoms with Crippen LogP contribution in [-0.4, -0.2) is 51.2 Å². The van der Waals surface area contributed by atoms with Gasteiger partial charge in [0.25, 0.3) is 5.91 Å². The van der Waals surface area contributed by atoms with Gasteiger partial charge in [-0.2, -0.15) is 0 Å². The summed E-state index contributed by atoms with van der Waals surface area (Å²) < 4.78 is 6.52. The Balaban J connectivity index is 1.35. The van der Waals surface area contributed by atoms with Crippen molar-refractivity contribution in [2.45, 2.75) is 55.9 Å². The Bertz CT molecular complexity index is 1380. The number of aromatic amines is 1. The number of rotatable bonds is 3. The van der Waals surface area contributed by atoms with Crippen LogP contribution in [-0.2, 0) is 24.8 Å². The van der Waals surface area contributed by atoms with E-state index >= 15 is 0 Å². The van der Waals surface area contributed by atoms with Gasteiger partial charge in [0.2, 0.25) is 0 Å². The normalized spacial score (nSPS) is 29.8. The van der Waals surface area contributed by atoms with Gasteiger partial charge in [0.05, 0.1) is 16.7 Å². The van der Waals surface area contributed by atoms with E-state index in [4.69, 9.17) is 4.74 Å². The van der Waals surface area contributed by atoms with E-state index in [2.05, 4.69) is 22.2 Å². The van der Waals surface area contributed by atoms with E-state index in [-0.39, 0.29) is 17.7 Å². The number of nitrogens with one attached hydrogen (secondary N) is 2. The summed E-state index contributed by atoms with van der Waals surface area (Å²) in [5.74, 6) is 0.425. The maximum absolute atomic E-state index is 13.2. The molecule has 0 radical (unpaired) electrons. The van der Waals surface area contributed by atoms with E-state index in [1.807, 2.05) is 43.3 Å². The summed E-state index contributed by atoms with van der Waals surface area (Å²) in [6, 6.07) is 13.4. The molecule has 1 amide bonds. The molecule has 0 saturated carbocycles. The smallest absolute Gasteiger partial charge is 0.268 e. The van der Waals surface area contributed by atoms with Crippen LogP contribution in [0.2, 0.25) is 0 Å². The van der Waals surface area contributed by atoms with E-state index in [0.717, 1.165) is 46.5 Å². The molecule has 0 unspecified atom stereocenters. The molecule has 4 aliphatic rings. The standard InChI is InChI=1S/C28H29N3O4/c1-15-18-13-28(34)20-12-17-8-9-19(32)24-21(17)27(28,10-11-31(20)2)25(35-24)23(18)30-22(15)26(33)29-14-16-6-4-3-5-7-16/h3-9,20,25,30,32,34H,10-14H2,1-2H3,(H,29,33)/t20-,25-,27-,28+/m0/s1. The fraction of sp³-hybridized carbons (Fsp3) is 0.393. The molecule has 7 rings (SSSR count). The van der Waals surface area contributed by atoms with Gasteiger partial charge >= 0.3 is 0 Å². The topological polar surface area (TPSA) is 97.8 Å². The quantitative estimate of drug-likeness (QED) is 0.471. The first-order valence-corrected chi connectivity index (χ1v) is 12.3. The van der Waals surface area contributed by atoms with Crippen LogP contribution in [0.1, 0.15) is 56.5 Å². The zero-order valence-electron chi connectivity index (χ0n) is 19.9. The minimum atomic E-state index is -1.06. The molecule has 1 aromatic heterocycles. The molecule has 180 valence electrons. The first kappa shape index (κ1) is 21.0. The first-order valence-electron chi connectivity index (χ1n) is 12.3. The molecule has 4 N–H and O–H groups in total. The minimum absolute atomic E-state index is 0.0665. The molecule has 3 heterocycles. The number of amides is 1. The number of hydrogen-bond acceptors (Lipinski definition) is 5. The van der Waals surface area contributed by atoms with Crippen molar-refractivity contribution in [1.82, 2.24) is 15.2 Å². The Morgan fingerprint density at radius 3 is 2.86 bits per heavy atom. The number of benzene rings is 2. The van der Waals surface area contributed by atoms with Gasteiger partial charge in [0.1, 0.15) is 5.69 Å². The third-order valence-electron chi connectivity index (χ3n) is 9.12. The maximum Gasteiger partial charge on any atom is 0.268 e. The molecule has 1 saturated heterocycles. The van der Waals surface area contributed by atoms with Crippen molar-refractivity contribution in [2.24, 2.45) is 0 Å². The van der Waals surface area contributed by atoms with Crippen molar-refractivity contribution >= 4 is 5.91 Å². The second-order valence-corrected chi connectivity index (χ2v) is 10.7. The van der Waals surface area contributed by atoms with Gasteiger partial charge in [-0.15, -0.1) is 0 Å². The molecule has 3 aromatic rings. The average molecular weight is 472 g/mol. The summed E-state index contributed by atoms with van der Waals surface area (Å²) in [5, 5.41) is 26.3. The number of carbonyl (C=O) groups excluding carboxylic acids is 1. The largest absolute Gasteiger partial charge is 0.504 e. The van der Waals surface area contributed by atoms with Crippen LogP contribution in [0, 0.1) is 6.92 Å². The number of hydrogen-bond donors (Lipinski definition) is 4. The predicted molar refractivity (Wildman–Crippen MR) is 130 cm³/mol. The molecule has 35 heavy (non-hydrogen) atoms. The summed E-state index contributed by atoms with van der Waals surface area (Å²) in [5.41, 5.74) is 4.57. The van der Waals surface area contributed by atoms with Gasteiger partial charge in [-0.1, -0.05) is 36.4 Å². The number of likely N-dealkylation sites (N-methyl/N-ethyl adjacent to an activating group) is 1. The lowest BCUT2D eigenvalue weighted by atomic mass is 9.49. The van der Waals surface area contributed by atoms with Crippen LogP contribution >= 0.6 is 0 Å². The average Bonchev–Trinajstić information content (AvgIpc) is 3.37. The molecule has 2 aromatic carbocycles. The van der Waals surface area contributed by atoms with Crippen LogP contribution < -0.4 is 10.1 Å². The molecular formula is C28H29N3O4. The van der Waals surface area contributed by atoms with E-state index < -0.39 is 17.1 Å². The zero-order valence-corrected chi connectivity index (χ0v) is 19.9. The van der Waals surface area contributed by atoms with Crippen LogP contribution in [0.25, 0.3) is 0 Å². The molecule has 1 fully saturated rings. The number of carbonyl (C=O) groups is 1. The van der Waals surface area contributed by atoms with Crippen molar-refractivity contribution in [2.75, 3.05) is 13.6 Å². The molecular weight excluding hydrogens is 442 g/mol. The number of nitrogens with zero attached hydrogens (tertiary/aromatic N) is 1.